The van der Waals surface area contributed by atoms with Crippen LogP contribution in [-0.2, 0) is 10.9 Å². The number of nitrogens with one attached hydrogen (secondary N) is 1. The van der Waals surface area contributed by atoms with Crippen molar-refractivity contribution in [3.8, 4) is 0 Å². The normalized spacial score (nSPS) is 14.2. The zero-order chi connectivity index (χ0) is 9.56. The SMILES string of the molecule is CCN(CCCS(=N)N)C(C)C. The van der Waals surface area contributed by atoms with Crippen molar-refractivity contribution in [1.29, 1.82) is 4.78 Å². The van der Waals surface area contributed by atoms with Crippen LogP contribution in [0, 0.1) is 4.78 Å². The molecule has 3 N–H and O–H groups in total. The molecule has 0 spiro atoms. The molecule has 0 saturated heterocycles. The predicted octanol–water partition coefficient (Wildman–Crippen LogP) is 1.36. The molecule has 0 fully saturated rings. The van der Waals surface area contributed by atoms with Crippen LogP contribution in [0.3, 0.4) is 0 Å². The van der Waals surface area contributed by atoms with Gasteiger partial charge in [0.15, 0.2) is 0 Å². The zero-order valence-corrected chi connectivity index (χ0v) is 9.16. The van der Waals surface area contributed by atoms with Crippen molar-refractivity contribution in [1.82, 2.24) is 4.90 Å². The molecule has 0 aliphatic rings. The van der Waals surface area contributed by atoms with Gasteiger partial charge in [-0.2, -0.15) is 0 Å². The van der Waals surface area contributed by atoms with Crippen LogP contribution in [0.5, 0.6) is 0 Å². The molecule has 4 heteroatoms. The molecule has 0 aliphatic heterocycles. The van der Waals surface area contributed by atoms with Gasteiger partial charge in [-0.1, -0.05) is 6.92 Å². The minimum Gasteiger partial charge on any atom is -0.301 e. The fourth-order valence-electron chi connectivity index (χ4n) is 1.20. The fourth-order valence-corrected chi connectivity index (χ4v) is 1.64. The van der Waals surface area contributed by atoms with Crippen LogP contribution in [-0.4, -0.2) is 29.8 Å². The molecule has 0 heterocycles. The first-order valence-corrected chi connectivity index (χ1v) is 5.94. The first kappa shape index (κ1) is 12.1. The van der Waals surface area contributed by atoms with Gasteiger partial charge >= 0.3 is 0 Å². The van der Waals surface area contributed by atoms with Crippen molar-refractivity contribution < 1.29 is 0 Å². The van der Waals surface area contributed by atoms with Crippen LogP contribution in [0.4, 0.5) is 0 Å². The Balaban J connectivity index is 3.51. The van der Waals surface area contributed by atoms with E-state index in [2.05, 4.69) is 25.7 Å². The molecule has 1 atom stereocenters. The van der Waals surface area contributed by atoms with Crippen molar-refractivity contribution in [2.75, 3.05) is 18.8 Å². The lowest BCUT2D eigenvalue weighted by atomic mass is 10.3. The van der Waals surface area contributed by atoms with Crippen molar-refractivity contribution >= 4 is 10.9 Å². The van der Waals surface area contributed by atoms with E-state index in [1.807, 2.05) is 0 Å². The molecular weight excluding hydrogens is 170 g/mol. The Morgan fingerprint density at radius 1 is 1.50 bits per heavy atom. The molecule has 12 heavy (non-hydrogen) atoms. The smallest absolute Gasteiger partial charge is 0.0187 e. The summed E-state index contributed by atoms with van der Waals surface area (Å²) in [5, 5.41) is 5.37. The van der Waals surface area contributed by atoms with Gasteiger partial charge in [0.2, 0.25) is 0 Å². The molecule has 74 valence electrons. The third-order valence-electron chi connectivity index (χ3n) is 1.95. The number of rotatable bonds is 6. The first-order valence-electron chi connectivity index (χ1n) is 4.48. The quantitative estimate of drug-likeness (QED) is 0.666. The summed E-state index contributed by atoms with van der Waals surface area (Å²) in [5.74, 6) is 0.837. The highest BCUT2D eigenvalue weighted by Gasteiger charge is 2.05. The van der Waals surface area contributed by atoms with Crippen LogP contribution in [0.25, 0.3) is 0 Å². The van der Waals surface area contributed by atoms with Gasteiger partial charge in [0.25, 0.3) is 0 Å². The van der Waals surface area contributed by atoms with Gasteiger partial charge in [-0.3, -0.25) is 9.92 Å². The summed E-state index contributed by atoms with van der Waals surface area (Å²) in [5.41, 5.74) is 0. The Bertz CT molecular complexity index is 136. The number of hydrogen-bond donors (Lipinski definition) is 2. The minimum absolute atomic E-state index is 0.611. The van der Waals surface area contributed by atoms with Crippen LogP contribution in [0.15, 0.2) is 0 Å². The summed E-state index contributed by atoms with van der Waals surface area (Å²) < 4.78 is 7.17. The Kier molecular flexibility index (Phi) is 6.61. The van der Waals surface area contributed by atoms with Crippen molar-refractivity contribution in [3.05, 3.63) is 0 Å². The zero-order valence-electron chi connectivity index (χ0n) is 8.34. The summed E-state index contributed by atoms with van der Waals surface area (Å²) in [6.45, 7) is 8.74. The second kappa shape index (κ2) is 6.57. The van der Waals surface area contributed by atoms with Gasteiger partial charge in [0, 0.05) is 11.8 Å². The molecule has 1 unspecified atom stereocenters. The van der Waals surface area contributed by atoms with E-state index >= 15 is 0 Å². The van der Waals surface area contributed by atoms with E-state index in [0.717, 1.165) is 25.3 Å². The highest BCUT2D eigenvalue weighted by atomic mass is 32.2. The summed E-state index contributed by atoms with van der Waals surface area (Å²) >= 11 is 0. The highest BCUT2D eigenvalue weighted by Crippen LogP contribution is 1.98. The highest BCUT2D eigenvalue weighted by molar-refractivity contribution is 7.83. The Morgan fingerprint density at radius 2 is 2.08 bits per heavy atom. The van der Waals surface area contributed by atoms with Gasteiger partial charge < -0.3 is 4.90 Å². The topological polar surface area (TPSA) is 53.1 Å². The molecule has 0 aromatic rings. The standard InChI is InChI=1S/C8H21N3S/c1-4-11(8(2)3)6-5-7-12(9)10/h8H,4-7H2,1-3H3,(H3,9,10). The maximum absolute atomic E-state index is 7.17. The van der Waals surface area contributed by atoms with E-state index < -0.39 is 10.9 Å². The van der Waals surface area contributed by atoms with E-state index in [4.69, 9.17) is 9.92 Å². The first-order chi connectivity index (χ1) is 5.57. The summed E-state index contributed by atoms with van der Waals surface area (Å²) in [6, 6.07) is 0.611. The Hall–Kier alpha value is 0.0700. The molecule has 0 bridgehead atoms. The number of nitrogens with two attached hydrogens (primary N) is 1. The summed E-state index contributed by atoms with van der Waals surface area (Å²) in [7, 11) is -0.624. The molecule has 0 amide bonds. The van der Waals surface area contributed by atoms with Gasteiger partial charge in [-0.25, -0.2) is 0 Å². The average Bonchev–Trinajstić information content (AvgIpc) is 1.96. The lowest BCUT2D eigenvalue weighted by Gasteiger charge is -2.24. The van der Waals surface area contributed by atoms with Gasteiger partial charge in [-0.15, -0.1) is 0 Å². The number of nitrogens with zero attached hydrogens (tertiary/aromatic N) is 1. The van der Waals surface area contributed by atoms with Crippen LogP contribution in [0.1, 0.15) is 27.2 Å². The van der Waals surface area contributed by atoms with Crippen molar-refractivity contribution in [2.45, 2.75) is 33.2 Å². The lowest BCUT2D eigenvalue weighted by Crippen LogP contribution is -2.32. The molecule has 0 aromatic heterocycles. The number of hydrogen-bond acceptors (Lipinski definition) is 2. The maximum atomic E-state index is 7.17. The van der Waals surface area contributed by atoms with E-state index in [1.54, 1.807) is 0 Å². The van der Waals surface area contributed by atoms with E-state index in [1.165, 1.54) is 0 Å². The van der Waals surface area contributed by atoms with Crippen LogP contribution < -0.4 is 5.14 Å². The lowest BCUT2D eigenvalue weighted by molar-refractivity contribution is 0.235. The Morgan fingerprint density at radius 3 is 2.42 bits per heavy atom. The van der Waals surface area contributed by atoms with Crippen molar-refractivity contribution in [2.24, 2.45) is 5.14 Å². The summed E-state index contributed by atoms with van der Waals surface area (Å²) in [4.78, 5) is 2.40. The second-order valence-corrected chi connectivity index (χ2v) is 4.47. The van der Waals surface area contributed by atoms with Gasteiger partial charge in [0.1, 0.15) is 0 Å². The maximum Gasteiger partial charge on any atom is 0.0187 e. The van der Waals surface area contributed by atoms with Crippen molar-refractivity contribution in [3.63, 3.8) is 0 Å². The molecular formula is C8H21N3S. The van der Waals surface area contributed by atoms with Gasteiger partial charge in [0.05, 0.1) is 0 Å². The third-order valence-corrected chi connectivity index (χ3v) is 2.67. The largest absolute Gasteiger partial charge is 0.301 e. The molecule has 0 radical (unpaired) electrons. The van der Waals surface area contributed by atoms with E-state index in [0.29, 0.717) is 6.04 Å². The van der Waals surface area contributed by atoms with E-state index in [9.17, 15) is 0 Å². The van der Waals surface area contributed by atoms with E-state index in [-0.39, 0.29) is 0 Å². The minimum atomic E-state index is -0.624. The predicted molar refractivity (Wildman–Crippen MR) is 56.1 cm³/mol. The third kappa shape index (κ3) is 5.69. The van der Waals surface area contributed by atoms with Crippen LogP contribution in [0.2, 0.25) is 0 Å². The monoisotopic (exact) mass is 191 g/mol. The molecule has 0 rings (SSSR count). The van der Waals surface area contributed by atoms with Gasteiger partial charge in [-0.05, 0) is 44.2 Å². The molecule has 0 saturated carbocycles. The molecule has 3 nitrogen and oxygen atoms in total. The average molecular weight is 191 g/mol. The molecule has 0 aliphatic carbocycles. The molecule has 0 aromatic carbocycles. The second-order valence-electron chi connectivity index (χ2n) is 3.21. The van der Waals surface area contributed by atoms with Crippen LogP contribution >= 0.6 is 0 Å². The fraction of sp³-hybridized carbons (Fsp3) is 1.00. The summed E-state index contributed by atoms with van der Waals surface area (Å²) in [6.07, 6.45) is 1.05. The Labute approximate surface area is 78.3 Å².